The monoisotopic (exact) mass is 464 g/mol. The van der Waals surface area contributed by atoms with Gasteiger partial charge in [-0.15, -0.1) is 0 Å². The molecule has 13 heteroatoms. The van der Waals surface area contributed by atoms with Gasteiger partial charge in [0.1, 0.15) is 16.4 Å². The Morgan fingerprint density at radius 3 is 2.14 bits per heavy atom. The number of alkyl halides is 3. The summed E-state index contributed by atoms with van der Waals surface area (Å²) in [6.07, 6.45) is -1.44. The van der Waals surface area contributed by atoms with Crippen molar-refractivity contribution in [1.29, 1.82) is 0 Å². The third kappa shape index (κ3) is 4.42. The number of sulfonamides is 2. The molecule has 0 saturated heterocycles. The summed E-state index contributed by atoms with van der Waals surface area (Å²) in [4.78, 5) is 0. The summed E-state index contributed by atoms with van der Waals surface area (Å²) < 4.78 is 114. The van der Waals surface area contributed by atoms with Gasteiger partial charge in [-0.05, 0) is 50.3 Å². The van der Waals surface area contributed by atoms with Crippen LogP contribution >= 0.6 is 0 Å². The van der Waals surface area contributed by atoms with Crippen LogP contribution in [0.4, 0.5) is 22.0 Å². The highest BCUT2D eigenvalue weighted by Crippen LogP contribution is 2.46. The van der Waals surface area contributed by atoms with Gasteiger partial charge >= 0.3 is 15.5 Å². The fourth-order valence-corrected chi connectivity index (χ4v) is 6.32. The molecule has 29 heavy (non-hydrogen) atoms. The maximum Gasteiger partial charge on any atom is 0.511 e. The van der Waals surface area contributed by atoms with E-state index in [4.69, 9.17) is 5.14 Å². The number of primary sulfonamides is 1. The molecular weight excluding hydrogens is 443 g/mol. The Balaban J connectivity index is 2.44. The van der Waals surface area contributed by atoms with E-state index < -0.39 is 72.9 Å². The highest BCUT2D eigenvalue weighted by Gasteiger charge is 2.54. The third-order valence-corrected chi connectivity index (χ3v) is 8.58. The van der Waals surface area contributed by atoms with Crippen molar-refractivity contribution in [2.45, 2.75) is 55.3 Å². The third-order valence-electron chi connectivity index (χ3n) is 5.18. The Bertz CT molecular complexity index is 956. The quantitative estimate of drug-likeness (QED) is 0.655. The standard InChI is InChI=1S/C16H21F5N2O4S2/c1-2-9-23(29(26,27)16(19,20)21)12-5-7-15(8-6-12,28(22,24)25)13-10-11(17)3-4-14(13)18/h3-4,10,12H,2,5-9H2,1H3,(H2,22,24,25). The molecule has 166 valence electrons. The molecule has 2 N–H and O–H groups in total. The van der Waals surface area contributed by atoms with Crippen LogP contribution in [0.5, 0.6) is 0 Å². The van der Waals surface area contributed by atoms with Crippen LogP contribution in [-0.2, 0) is 24.8 Å². The molecule has 0 spiro atoms. The Kier molecular flexibility index (Phi) is 6.68. The number of halogens is 5. The Hall–Kier alpha value is -1.31. The summed E-state index contributed by atoms with van der Waals surface area (Å²) >= 11 is 0. The van der Waals surface area contributed by atoms with Gasteiger partial charge in [-0.3, -0.25) is 0 Å². The van der Waals surface area contributed by atoms with E-state index in [0.29, 0.717) is 10.4 Å². The van der Waals surface area contributed by atoms with Gasteiger partial charge in [-0.2, -0.15) is 17.5 Å². The maximum atomic E-state index is 14.3. The average molecular weight is 464 g/mol. The molecule has 0 bridgehead atoms. The van der Waals surface area contributed by atoms with Crippen LogP contribution in [0.2, 0.25) is 0 Å². The van der Waals surface area contributed by atoms with Crippen molar-refractivity contribution < 1.29 is 38.8 Å². The molecule has 6 nitrogen and oxygen atoms in total. The van der Waals surface area contributed by atoms with Crippen molar-refractivity contribution in [3.8, 4) is 0 Å². The molecule has 0 unspecified atom stereocenters. The minimum Gasteiger partial charge on any atom is -0.228 e. The zero-order chi connectivity index (χ0) is 22.3. The van der Waals surface area contributed by atoms with E-state index in [1.54, 1.807) is 0 Å². The Morgan fingerprint density at radius 1 is 1.14 bits per heavy atom. The number of benzene rings is 1. The molecule has 1 aromatic rings. The van der Waals surface area contributed by atoms with Gasteiger partial charge < -0.3 is 0 Å². The molecule has 2 rings (SSSR count). The van der Waals surface area contributed by atoms with Crippen LogP contribution in [0.1, 0.15) is 44.6 Å². The molecule has 1 saturated carbocycles. The summed E-state index contributed by atoms with van der Waals surface area (Å²) in [7, 11) is -10.1. The van der Waals surface area contributed by atoms with Gasteiger partial charge in [0.15, 0.2) is 0 Å². The second kappa shape index (κ2) is 8.08. The number of nitrogens with two attached hydrogens (primary N) is 1. The zero-order valence-corrected chi connectivity index (χ0v) is 17.0. The highest BCUT2D eigenvalue weighted by molar-refractivity contribution is 7.90. The molecule has 1 aliphatic carbocycles. The number of rotatable bonds is 6. The Morgan fingerprint density at radius 2 is 1.69 bits per heavy atom. The minimum atomic E-state index is -5.63. The number of hydrogen-bond acceptors (Lipinski definition) is 4. The van der Waals surface area contributed by atoms with Crippen molar-refractivity contribution in [2.24, 2.45) is 5.14 Å². The first-order valence-electron chi connectivity index (χ1n) is 8.73. The largest absolute Gasteiger partial charge is 0.511 e. The van der Waals surface area contributed by atoms with E-state index in [9.17, 15) is 38.8 Å². The summed E-state index contributed by atoms with van der Waals surface area (Å²) in [6, 6.07) is 1.07. The fourth-order valence-electron chi connectivity index (χ4n) is 3.76. The summed E-state index contributed by atoms with van der Waals surface area (Å²) in [5, 5.41) is 5.30. The lowest BCUT2D eigenvalue weighted by molar-refractivity contribution is -0.0506. The molecule has 0 amide bonds. The molecule has 0 aromatic heterocycles. The van der Waals surface area contributed by atoms with Crippen LogP contribution < -0.4 is 5.14 Å². The average Bonchev–Trinajstić information content (AvgIpc) is 2.60. The van der Waals surface area contributed by atoms with Crippen molar-refractivity contribution in [2.75, 3.05) is 6.54 Å². The normalized spacial score (nSPS) is 24.1. The van der Waals surface area contributed by atoms with Gasteiger partial charge in [0, 0.05) is 18.2 Å². The second-order valence-electron chi connectivity index (χ2n) is 6.96. The number of hydrogen-bond donors (Lipinski definition) is 1. The predicted molar refractivity (Wildman–Crippen MR) is 95.4 cm³/mol. The lowest BCUT2D eigenvalue weighted by Gasteiger charge is -2.42. The first kappa shape index (κ1) is 24.0. The van der Waals surface area contributed by atoms with Crippen molar-refractivity contribution in [1.82, 2.24) is 4.31 Å². The first-order valence-corrected chi connectivity index (χ1v) is 11.7. The molecule has 1 aliphatic rings. The zero-order valence-electron chi connectivity index (χ0n) is 15.4. The summed E-state index contributed by atoms with van der Waals surface area (Å²) in [6.45, 7) is 1.09. The molecule has 0 aliphatic heterocycles. The highest BCUT2D eigenvalue weighted by atomic mass is 32.2. The van der Waals surface area contributed by atoms with Gasteiger partial charge in [-0.1, -0.05) is 6.92 Å². The van der Waals surface area contributed by atoms with Crippen LogP contribution in [0.15, 0.2) is 18.2 Å². The van der Waals surface area contributed by atoms with E-state index in [-0.39, 0.29) is 19.3 Å². The van der Waals surface area contributed by atoms with E-state index in [1.807, 2.05) is 0 Å². The summed E-state index contributed by atoms with van der Waals surface area (Å²) in [5.41, 5.74) is -6.02. The summed E-state index contributed by atoms with van der Waals surface area (Å²) in [5.74, 6) is -1.92. The van der Waals surface area contributed by atoms with Crippen molar-refractivity contribution in [3.05, 3.63) is 35.4 Å². The fraction of sp³-hybridized carbons (Fsp3) is 0.625. The molecule has 0 atom stereocenters. The maximum absolute atomic E-state index is 14.3. The van der Waals surface area contributed by atoms with E-state index >= 15 is 0 Å². The van der Waals surface area contributed by atoms with Gasteiger partial charge in [0.2, 0.25) is 10.0 Å². The molecule has 0 radical (unpaired) electrons. The number of nitrogens with zero attached hydrogens (tertiary/aromatic N) is 1. The van der Waals surface area contributed by atoms with Gasteiger partial charge in [0.05, 0.1) is 0 Å². The lowest BCUT2D eigenvalue weighted by atomic mass is 9.80. The van der Waals surface area contributed by atoms with Crippen LogP contribution in [0.3, 0.4) is 0 Å². The molecular formula is C16H21F5N2O4S2. The van der Waals surface area contributed by atoms with Gasteiger partial charge in [0.25, 0.3) is 0 Å². The molecule has 0 heterocycles. The van der Waals surface area contributed by atoms with E-state index in [0.717, 1.165) is 12.1 Å². The van der Waals surface area contributed by atoms with Crippen molar-refractivity contribution in [3.63, 3.8) is 0 Å². The van der Waals surface area contributed by atoms with Crippen LogP contribution in [0, 0.1) is 11.6 Å². The van der Waals surface area contributed by atoms with Crippen LogP contribution in [-0.4, -0.2) is 39.2 Å². The first-order chi connectivity index (χ1) is 13.2. The SMILES string of the molecule is CCCN(C1CCC(c2cc(F)ccc2F)(S(N)(=O)=O)CC1)S(=O)(=O)C(F)(F)F. The molecule has 1 aromatic carbocycles. The van der Waals surface area contributed by atoms with Gasteiger partial charge in [-0.25, -0.2) is 30.8 Å². The van der Waals surface area contributed by atoms with E-state index in [1.165, 1.54) is 6.92 Å². The predicted octanol–water partition coefficient (Wildman–Crippen LogP) is 2.95. The lowest BCUT2D eigenvalue weighted by Crippen LogP contribution is -2.52. The smallest absolute Gasteiger partial charge is 0.228 e. The van der Waals surface area contributed by atoms with E-state index in [2.05, 4.69) is 0 Å². The molecule has 1 fully saturated rings. The second-order valence-corrected chi connectivity index (χ2v) is 10.7. The van der Waals surface area contributed by atoms with Crippen LogP contribution in [0.25, 0.3) is 0 Å². The topological polar surface area (TPSA) is 97.5 Å². The Labute approximate surface area is 166 Å². The minimum absolute atomic E-state index is 0.102. The van der Waals surface area contributed by atoms with Crippen molar-refractivity contribution >= 4 is 20.0 Å².